The maximum Gasteiger partial charge on any atom is 0.492 e. The van der Waals surface area contributed by atoms with Gasteiger partial charge in [0.15, 0.2) is 0 Å². The van der Waals surface area contributed by atoms with Crippen LogP contribution in [0, 0.1) is 0 Å². The van der Waals surface area contributed by atoms with Crippen LogP contribution in [0.3, 0.4) is 0 Å². The number of nitrogens with one attached hydrogen (secondary N) is 2. The molecule has 0 aromatic heterocycles. The van der Waals surface area contributed by atoms with E-state index in [1.54, 1.807) is 13.1 Å². The molecule has 2 atom stereocenters. The number of nitrogens with zero attached hydrogens (tertiary/aromatic N) is 1. The Morgan fingerprint density at radius 2 is 2.00 bits per heavy atom. The Labute approximate surface area is 118 Å². The maximum absolute atomic E-state index is 12.5. The molecule has 108 valence electrons. The molecule has 0 saturated carbocycles. The Bertz CT molecular complexity index is 538. The number of nitrogens with two attached hydrogens (primary N) is 2. The number of carbonyl (C=O) groups excluding carboxylic acids is 1. The minimum Gasteiger partial charge on any atom is -0.386 e. The molecule has 1 amide bonds. The van der Waals surface area contributed by atoms with E-state index in [1.165, 1.54) is 0 Å². The van der Waals surface area contributed by atoms with Crippen molar-refractivity contribution in [1.82, 2.24) is 5.01 Å². The van der Waals surface area contributed by atoms with Gasteiger partial charge >= 0.3 is 19.1 Å². The number of benzene rings is 1. The van der Waals surface area contributed by atoms with Gasteiger partial charge in [0.05, 0.1) is 5.69 Å². The summed E-state index contributed by atoms with van der Waals surface area (Å²) in [6.07, 6.45) is 0.985. The summed E-state index contributed by atoms with van der Waals surface area (Å²) in [4.78, 5) is 12.1. The fourth-order valence-corrected chi connectivity index (χ4v) is 3.45. The molecule has 1 aromatic carbocycles. The molecule has 0 radical (unpaired) electrons. The highest BCUT2D eigenvalue weighted by Gasteiger charge is 2.56. The van der Waals surface area contributed by atoms with Crippen LogP contribution in [0.4, 0.5) is 11.4 Å². The minimum atomic E-state index is -2.18. The summed E-state index contributed by atoms with van der Waals surface area (Å²) in [7, 11) is -0.415. The van der Waals surface area contributed by atoms with Crippen LogP contribution >= 0.6 is 7.95 Å². The third-order valence-electron chi connectivity index (χ3n) is 3.37. The lowest BCUT2D eigenvalue weighted by Gasteiger charge is -2.29. The van der Waals surface area contributed by atoms with Crippen LogP contribution in [0.15, 0.2) is 24.3 Å². The molecule has 1 saturated heterocycles. The minimum absolute atomic E-state index is 0.351. The molecule has 1 aliphatic heterocycles. The van der Waals surface area contributed by atoms with Gasteiger partial charge in [-0.2, -0.15) is 5.09 Å². The van der Waals surface area contributed by atoms with E-state index in [2.05, 4.69) is 10.4 Å². The molecule has 1 aromatic rings. The van der Waals surface area contributed by atoms with Crippen molar-refractivity contribution in [3.05, 3.63) is 24.3 Å². The highest BCUT2D eigenvalue weighted by molar-refractivity contribution is 7.49. The third-order valence-corrected chi connectivity index (χ3v) is 4.95. The average molecular weight is 296 g/mol. The number of hydrazine groups is 1. The topological polar surface area (TPSA) is 113 Å². The lowest BCUT2D eigenvalue weighted by atomic mass is 10.1. The van der Waals surface area contributed by atoms with Gasteiger partial charge in [0, 0.05) is 20.0 Å². The van der Waals surface area contributed by atoms with Gasteiger partial charge in [0.25, 0.3) is 0 Å². The molecule has 1 aliphatic rings. The number of rotatable bonds is 4. The quantitative estimate of drug-likeness (QED) is 0.375. The molecule has 1 heterocycles. The van der Waals surface area contributed by atoms with Gasteiger partial charge in [-0.3, -0.25) is 15.5 Å². The first-order valence-corrected chi connectivity index (χ1v) is 7.61. The fraction of sp³-hybridized carbons (Fsp3) is 0.417. The molecule has 7 nitrogen and oxygen atoms in total. The highest BCUT2D eigenvalue weighted by Crippen LogP contribution is 2.42. The first-order chi connectivity index (χ1) is 9.49. The van der Waals surface area contributed by atoms with Gasteiger partial charge in [-0.05, 0) is 23.1 Å². The summed E-state index contributed by atoms with van der Waals surface area (Å²) in [5.41, 5.74) is 7.46. The van der Waals surface area contributed by atoms with Crippen molar-refractivity contribution >= 4 is 25.2 Å². The summed E-state index contributed by atoms with van der Waals surface area (Å²) in [5, 5.41) is 5.41. The molecule has 1 unspecified atom stereocenters. The summed E-state index contributed by atoms with van der Waals surface area (Å²) >= 11 is 0. The van der Waals surface area contributed by atoms with Crippen LogP contribution in [0.1, 0.15) is 12.8 Å². The second-order valence-electron chi connectivity index (χ2n) is 4.73. The van der Waals surface area contributed by atoms with Gasteiger partial charge in [-0.25, -0.2) is 5.84 Å². The second-order valence-corrected chi connectivity index (χ2v) is 6.34. The molecule has 2 rings (SSSR count). The van der Waals surface area contributed by atoms with E-state index in [4.69, 9.17) is 11.6 Å². The zero-order chi connectivity index (χ0) is 14.8. The van der Waals surface area contributed by atoms with Gasteiger partial charge < -0.3 is 5.32 Å². The number of hydrogen-bond donors (Lipinski definition) is 4. The molecular weight excluding hydrogens is 277 g/mol. The SMILES string of the molecule is CNc1ccccc1N[P+](=O)[C@@]1(N)CCCN(N)C1=O. The van der Waals surface area contributed by atoms with Crippen LogP contribution < -0.4 is 22.0 Å². The smallest absolute Gasteiger partial charge is 0.386 e. The lowest BCUT2D eigenvalue weighted by molar-refractivity contribution is -0.136. The first kappa shape index (κ1) is 14.7. The Kier molecular flexibility index (Phi) is 4.23. The van der Waals surface area contributed by atoms with E-state index in [9.17, 15) is 9.36 Å². The Morgan fingerprint density at radius 3 is 2.65 bits per heavy atom. The predicted octanol–water partition coefficient (Wildman–Crippen LogP) is 1.03. The largest absolute Gasteiger partial charge is 0.492 e. The summed E-state index contributed by atoms with van der Waals surface area (Å²) in [6, 6.07) is 7.28. The lowest BCUT2D eigenvalue weighted by Crippen LogP contribution is -2.59. The van der Waals surface area contributed by atoms with Crippen molar-refractivity contribution in [3.8, 4) is 0 Å². The Hall–Kier alpha value is -1.69. The number of piperidine rings is 1. The maximum atomic E-state index is 12.5. The molecule has 20 heavy (non-hydrogen) atoms. The van der Waals surface area contributed by atoms with Gasteiger partial charge in [-0.15, -0.1) is 0 Å². The van der Waals surface area contributed by atoms with Crippen molar-refractivity contribution in [3.63, 3.8) is 0 Å². The number of carbonyl (C=O) groups is 1. The monoisotopic (exact) mass is 296 g/mol. The summed E-state index contributed by atoms with van der Waals surface area (Å²) < 4.78 is 12.5. The number of para-hydroxylation sites is 2. The summed E-state index contributed by atoms with van der Waals surface area (Å²) in [5.74, 6) is 5.09. The van der Waals surface area contributed by atoms with Crippen LogP contribution in [0.25, 0.3) is 0 Å². The zero-order valence-electron chi connectivity index (χ0n) is 11.3. The standard InChI is InChI=1S/C12H19N5O2P/c1-15-9-5-2-3-6-10(9)16-20(19)12(13)7-4-8-17(14)11(12)18/h2-3,5-6,15H,4,7-8,13-14H2,1H3,(H,16,19)/q+1/t12-/m0/s1. The van der Waals surface area contributed by atoms with Crippen LogP contribution in [0.5, 0.6) is 0 Å². The molecule has 0 bridgehead atoms. The predicted molar refractivity (Wildman–Crippen MR) is 79.3 cm³/mol. The highest BCUT2D eigenvalue weighted by atomic mass is 31.1. The van der Waals surface area contributed by atoms with Gasteiger partial charge in [-0.1, -0.05) is 12.1 Å². The average Bonchev–Trinajstić information content (AvgIpc) is 2.45. The molecule has 0 aliphatic carbocycles. The Balaban J connectivity index is 2.21. The normalized spacial score (nSPS) is 23.4. The van der Waals surface area contributed by atoms with Crippen molar-refractivity contribution in [2.75, 3.05) is 24.0 Å². The molecule has 0 spiro atoms. The van der Waals surface area contributed by atoms with Crippen LogP contribution in [0.2, 0.25) is 0 Å². The van der Waals surface area contributed by atoms with Crippen molar-refractivity contribution < 1.29 is 9.36 Å². The van der Waals surface area contributed by atoms with Crippen molar-refractivity contribution in [1.29, 1.82) is 0 Å². The van der Waals surface area contributed by atoms with E-state index in [0.29, 0.717) is 25.1 Å². The van der Waals surface area contributed by atoms with Gasteiger partial charge in [0.1, 0.15) is 5.69 Å². The number of hydrogen-bond acceptors (Lipinski definition) is 5. The van der Waals surface area contributed by atoms with E-state index in [-0.39, 0.29) is 0 Å². The van der Waals surface area contributed by atoms with E-state index in [0.717, 1.165) is 10.7 Å². The second kappa shape index (κ2) is 5.75. The summed E-state index contributed by atoms with van der Waals surface area (Å²) in [6.45, 7) is 0.439. The van der Waals surface area contributed by atoms with Crippen LogP contribution in [-0.2, 0) is 9.36 Å². The zero-order valence-corrected chi connectivity index (χ0v) is 12.2. The van der Waals surface area contributed by atoms with E-state index in [1.807, 2.05) is 18.2 Å². The fourth-order valence-electron chi connectivity index (χ4n) is 2.17. The molecule has 6 N–H and O–H groups in total. The van der Waals surface area contributed by atoms with E-state index >= 15 is 0 Å². The molecular formula is C12H19N5O2P+. The van der Waals surface area contributed by atoms with Crippen molar-refractivity contribution in [2.24, 2.45) is 11.6 Å². The number of anilines is 2. The van der Waals surface area contributed by atoms with Crippen molar-refractivity contribution in [2.45, 2.75) is 18.1 Å². The van der Waals surface area contributed by atoms with E-state index < -0.39 is 19.1 Å². The molecule has 8 heteroatoms. The van der Waals surface area contributed by atoms with Gasteiger partial charge in [0.2, 0.25) is 0 Å². The molecule has 1 fully saturated rings. The third kappa shape index (κ3) is 2.60. The first-order valence-electron chi connectivity index (χ1n) is 6.35. The Morgan fingerprint density at radius 1 is 1.35 bits per heavy atom. The number of amides is 1. The van der Waals surface area contributed by atoms with Crippen LogP contribution in [-0.4, -0.2) is 29.8 Å².